The van der Waals surface area contributed by atoms with Crippen LogP contribution in [-0.2, 0) is 0 Å². The molecule has 1 heteroatoms. The maximum absolute atomic E-state index is 2.43. The van der Waals surface area contributed by atoms with E-state index in [0.717, 1.165) is 5.92 Å². The summed E-state index contributed by atoms with van der Waals surface area (Å²) in [5.74, 6) is 0.824. The van der Waals surface area contributed by atoms with Crippen LogP contribution in [0.15, 0.2) is 0 Å². The first-order valence-corrected chi connectivity index (χ1v) is 6.16. The van der Waals surface area contributed by atoms with Crippen LogP contribution in [0.2, 0.25) is 0 Å². The van der Waals surface area contributed by atoms with Gasteiger partial charge in [-0.1, -0.05) is 47.5 Å². The first kappa shape index (κ1) is 14.0. The number of hydrogen-bond acceptors (Lipinski definition) is 1. The normalized spacial score (nSPS) is 14.8. The summed E-state index contributed by atoms with van der Waals surface area (Å²) >= 11 is 0. The first-order valence-electron chi connectivity index (χ1n) is 6.16. The topological polar surface area (TPSA) is 3.24 Å². The molecule has 0 aromatic carbocycles. The zero-order valence-corrected chi connectivity index (χ0v) is 11.1. The fraction of sp³-hybridized carbons (Fsp3) is 1.00. The van der Waals surface area contributed by atoms with Gasteiger partial charge in [0, 0.05) is 6.54 Å². The standard InChI is InChI=1S/C13H29N/c1-7-13(5,8-2)10-12(4)11-14(6)9-3/h12H,7-11H2,1-6H3. The van der Waals surface area contributed by atoms with E-state index in [4.69, 9.17) is 0 Å². The Morgan fingerprint density at radius 3 is 2.00 bits per heavy atom. The third-order valence-electron chi connectivity index (χ3n) is 3.71. The Morgan fingerprint density at radius 2 is 1.64 bits per heavy atom. The molecule has 0 aromatic heterocycles. The molecule has 0 fully saturated rings. The molecule has 86 valence electrons. The van der Waals surface area contributed by atoms with Crippen molar-refractivity contribution in [3.63, 3.8) is 0 Å². The molecule has 14 heavy (non-hydrogen) atoms. The van der Waals surface area contributed by atoms with Crippen molar-refractivity contribution < 1.29 is 0 Å². The van der Waals surface area contributed by atoms with Crippen molar-refractivity contribution in [2.75, 3.05) is 20.1 Å². The van der Waals surface area contributed by atoms with Crippen LogP contribution in [0.25, 0.3) is 0 Å². The van der Waals surface area contributed by atoms with E-state index in [1.54, 1.807) is 0 Å². The average molecular weight is 199 g/mol. The molecule has 0 saturated carbocycles. The van der Waals surface area contributed by atoms with Gasteiger partial charge in [0.2, 0.25) is 0 Å². The summed E-state index contributed by atoms with van der Waals surface area (Å²) in [5, 5.41) is 0. The van der Waals surface area contributed by atoms with Crippen molar-refractivity contribution in [3.05, 3.63) is 0 Å². The summed E-state index contributed by atoms with van der Waals surface area (Å²) in [5.41, 5.74) is 0.563. The lowest BCUT2D eigenvalue weighted by Crippen LogP contribution is -2.28. The van der Waals surface area contributed by atoms with E-state index in [0.29, 0.717) is 5.41 Å². The van der Waals surface area contributed by atoms with E-state index in [1.165, 1.54) is 32.4 Å². The average Bonchev–Trinajstić information content (AvgIpc) is 2.17. The Kier molecular flexibility index (Phi) is 6.43. The van der Waals surface area contributed by atoms with Crippen LogP contribution >= 0.6 is 0 Å². The van der Waals surface area contributed by atoms with Gasteiger partial charge in [-0.25, -0.2) is 0 Å². The Balaban J connectivity index is 3.96. The van der Waals surface area contributed by atoms with Crippen molar-refractivity contribution in [1.29, 1.82) is 0 Å². The third-order valence-corrected chi connectivity index (χ3v) is 3.71. The van der Waals surface area contributed by atoms with Gasteiger partial charge >= 0.3 is 0 Å². The van der Waals surface area contributed by atoms with E-state index in [9.17, 15) is 0 Å². The maximum atomic E-state index is 2.43. The summed E-state index contributed by atoms with van der Waals surface area (Å²) in [6.07, 6.45) is 3.98. The van der Waals surface area contributed by atoms with E-state index in [-0.39, 0.29) is 0 Å². The molecule has 1 nitrogen and oxygen atoms in total. The molecule has 0 aromatic rings. The van der Waals surface area contributed by atoms with Gasteiger partial charge in [-0.15, -0.1) is 0 Å². The van der Waals surface area contributed by atoms with E-state index in [2.05, 4.69) is 46.6 Å². The molecule has 0 rings (SSSR count). The van der Waals surface area contributed by atoms with Gasteiger partial charge in [0.25, 0.3) is 0 Å². The van der Waals surface area contributed by atoms with Gasteiger partial charge in [0.15, 0.2) is 0 Å². The maximum Gasteiger partial charge on any atom is 0.000405 e. The summed E-state index contributed by atoms with van der Waals surface area (Å²) in [6.45, 7) is 14.1. The SMILES string of the molecule is CCN(C)CC(C)CC(C)(CC)CC. The third kappa shape index (κ3) is 4.99. The minimum absolute atomic E-state index is 0.563. The highest BCUT2D eigenvalue weighted by atomic mass is 15.1. The van der Waals surface area contributed by atoms with E-state index >= 15 is 0 Å². The van der Waals surface area contributed by atoms with Crippen LogP contribution in [0.4, 0.5) is 0 Å². The Bertz CT molecular complexity index is 138. The molecule has 0 aliphatic rings. The monoisotopic (exact) mass is 199 g/mol. The van der Waals surface area contributed by atoms with Crippen LogP contribution in [0, 0.1) is 11.3 Å². The van der Waals surface area contributed by atoms with Gasteiger partial charge in [0.05, 0.1) is 0 Å². The summed E-state index contributed by atoms with van der Waals surface area (Å²) < 4.78 is 0. The molecule has 0 N–H and O–H groups in total. The Hall–Kier alpha value is -0.0400. The Morgan fingerprint density at radius 1 is 1.14 bits per heavy atom. The van der Waals surface area contributed by atoms with Gasteiger partial charge in [-0.05, 0) is 31.3 Å². The number of rotatable bonds is 7. The van der Waals surface area contributed by atoms with Crippen molar-refractivity contribution in [3.8, 4) is 0 Å². The molecule has 0 aliphatic heterocycles. The quantitative estimate of drug-likeness (QED) is 0.603. The molecule has 0 bridgehead atoms. The lowest BCUT2D eigenvalue weighted by molar-refractivity contribution is 0.193. The highest BCUT2D eigenvalue weighted by Crippen LogP contribution is 2.33. The molecular weight excluding hydrogens is 170 g/mol. The summed E-state index contributed by atoms with van der Waals surface area (Å²) in [6, 6.07) is 0. The smallest absolute Gasteiger partial charge is 0.000405 e. The second-order valence-corrected chi connectivity index (χ2v) is 5.18. The highest BCUT2D eigenvalue weighted by Gasteiger charge is 2.22. The molecular formula is C13H29N. The Labute approximate surface area is 90.9 Å². The number of hydrogen-bond donors (Lipinski definition) is 0. The fourth-order valence-electron chi connectivity index (χ4n) is 2.11. The van der Waals surface area contributed by atoms with Crippen LogP contribution in [0.5, 0.6) is 0 Å². The van der Waals surface area contributed by atoms with Gasteiger partial charge in [-0.2, -0.15) is 0 Å². The minimum Gasteiger partial charge on any atom is -0.306 e. The number of nitrogens with zero attached hydrogens (tertiary/aromatic N) is 1. The lowest BCUT2D eigenvalue weighted by Gasteiger charge is -2.31. The zero-order valence-electron chi connectivity index (χ0n) is 11.1. The lowest BCUT2D eigenvalue weighted by atomic mass is 9.77. The first-order chi connectivity index (χ1) is 6.47. The second-order valence-electron chi connectivity index (χ2n) is 5.18. The van der Waals surface area contributed by atoms with Crippen LogP contribution in [0.3, 0.4) is 0 Å². The van der Waals surface area contributed by atoms with Crippen LogP contribution < -0.4 is 0 Å². The summed E-state index contributed by atoms with van der Waals surface area (Å²) in [7, 11) is 2.21. The molecule has 0 amide bonds. The molecule has 0 spiro atoms. The minimum atomic E-state index is 0.563. The molecule has 1 atom stereocenters. The van der Waals surface area contributed by atoms with Crippen molar-refractivity contribution in [2.45, 2.75) is 53.9 Å². The highest BCUT2D eigenvalue weighted by molar-refractivity contribution is 4.74. The predicted molar refractivity (Wildman–Crippen MR) is 65.6 cm³/mol. The van der Waals surface area contributed by atoms with Gasteiger partial charge in [-0.3, -0.25) is 0 Å². The fourth-order valence-corrected chi connectivity index (χ4v) is 2.11. The van der Waals surface area contributed by atoms with Crippen LogP contribution in [0.1, 0.15) is 53.9 Å². The van der Waals surface area contributed by atoms with Gasteiger partial charge in [0.1, 0.15) is 0 Å². The zero-order chi connectivity index (χ0) is 11.2. The molecule has 1 unspecified atom stereocenters. The predicted octanol–water partition coefficient (Wildman–Crippen LogP) is 3.79. The van der Waals surface area contributed by atoms with Crippen molar-refractivity contribution >= 4 is 0 Å². The van der Waals surface area contributed by atoms with Gasteiger partial charge < -0.3 is 4.90 Å². The van der Waals surface area contributed by atoms with Crippen molar-refractivity contribution in [1.82, 2.24) is 4.90 Å². The summed E-state index contributed by atoms with van der Waals surface area (Å²) in [4.78, 5) is 2.41. The second kappa shape index (κ2) is 6.44. The molecule has 0 heterocycles. The largest absolute Gasteiger partial charge is 0.306 e. The van der Waals surface area contributed by atoms with Crippen LogP contribution in [-0.4, -0.2) is 25.0 Å². The molecule has 0 saturated heterocycles. The van der Waals surface area contributed by atoms with E-state index in [1.807, 2.05) is 0 Å². The molecule has 0 radical (unpaired) electrons. The van der Waals surface area contributed by atoms with Crippen molar-refractivity contribution in [2.24, 2.45) is 11.3 Å². The molecule has 0 aliphatic carbocycles. The van der Waals surface area contributed by atoms with E-state index < -0.39 is 0 Å².